The smallest absolute Gasteiger partial charge is 0.262 e. The van der Waals surface area contributed by atoms with E-state index in [-0.39, 0.29) is 12.5 Å². The Hall–Kier alpha value is -3.00. The summed E-state index contributed by atoms with van der Waals surface area (Å²) in [6.07, 6.45) is 0. The minimum Gasteiger partial charge on any atom is -0.493 e. The van der Waals surface area contributed by atoms with Gasteiger partial charge in [-0.1, -0.05) is 12.1 Å². The van der Waals surface area contributed by atoms with E-state index in [0.29, 0.717) is 22.7 Å². The van der Waals surface area contributed by atoms with Gasteiger partial charge in [-0.2, -0.15) is 5.26 Å². The average molecular weight is 282 g/mol. The standard InChI is InChI=1S/C16H14N2O3/c1-20-14-4-2-3-5-15(14)21-11-16(19)18-13-8-6-12(10-17)7-9-13/h2-9H,11H2,1H3,(H,18,19). The molecule has 0 aromatic heterocycles. The first-order valence-corrected chi connectivity index (χ1v) is 6.29. The van der Waals surface area contributed by atoms with Crippen LogP contribution in [0.4, 0.5) is 5.69 Å². The van der Waals surface area contributed by atoms with Crippen molar-refractivity contribution in [3.63, 3.8) is 0 Å². The number of ether oxygens (including phenoxy) is 2. The van der Waals surface area contributed by atoms with Crippen LogP contribution in [0.15, 0.2) is 48.5 Å². The molecule has 0 saturated carbocycles. The second kappa shape index (κ2) is 6.96. The summed E-state index contributed by atoms with van der Waals surface area (Å²) in [6, 6.07) is 15.7. The Kier molecular flexibility index (Phi) is 4.78. The highest BCUT2D eigenvalue weighted by Gasteiger charge is 2.07. The summed E-state index contributed by atoms with van der Waals surface area (Å²) >= 11 is 0. The number of hydrogen-bond acceptors (Lipinski definition) is 4. The number of carbonyl (C=O) groups excluding carboxylic acids is 1. The average Bonchev–Trinajstić information content (AvgIpc) is 2.54. The van der Waals surface area contributed by atoms with Crippen molar-refractivity contribution in [3.05, 3.63) is 54.1 Å². The SMILES string of the molecule is COc1ccccc1OCC(=O)Nc1ccc(C#N)cc1. The predicted molar refractivity (Wildman–Crippen MR) is 78.3 cm³/mol. The first kappa shape index (κ1) is 14.4. The van der Waals surface area contributed by atoms with Crippen LogP contribution in [0.25, 0.3) is 0 Å². The predicted octanol–water partition coefficient (Wildman–Crippen LogP) is 2.58. The van der Waals surface area contributed by atoms with E-state index in [1.165, 1.54) is 0 Å². The van der Waals surface area contributed by atoms with Gasteiger partial charge in [0.15, 0.2) is 18.1 Å². The van der Waals surface area contributed by atoms with Crippen LogP contribution < -0.4 is 14.8 Å². The monoisotopic (exact) mass is 282 g/mol. The second-order valence-corrected chi connectivity index (χ2v) is 4.18. The molecule has 0 aliphatic rings. The maximum atomic E-state index is 11.8. The molecular weight excluding hydrogens is 268 g/mol. The highest BCUT2D eigenvalue weighted by atomic mass is 16.5. The van der Waals surface area contributed by atoms with Gasteiger partial charge in [-0.3, -0.25) is 4.79 Å². The number of para-hydroxylation sites is 2. The summed E-state index contributed by atoms with van der Waals surface area (Å²) < 4.78 is 10.6. The van der Waals surface area contributed by atoms with E-state index in [2.05, 4.69) is 5.32 Å². The number of carbonyl (C=O) groups is 1. The van der Waals surface area contributed by atoms with Gasteiger partial charge in [0.2, 0.25) is 0 Å². The fourth-order valence-corrected chi connectivity index (χ4v) is 1.71. The molecule has 0 aliphatic carbocycles. The number of rotatable bonds is 5. The lowest BCUT2D eigenvalue weighted by molar-refractivity contribution is -0.118. The van der Waals surface area contributed by atoms with E-state index >= 15 is 0 Å². The highest BCUT2D eigenvalue weighted by Crippen LogP contribution is 2.25. The third kappa shape index (κ3) is 3.98. The molecule has 0 radical (unpaired) electrons. The summed E-state index contributed by atoms with van der Waals surface area (Å²) in [5.41, 5.74) is 1.15. The summed E-state index contributed by atoms with van der Waals surface area (Å²) in [5, 5.41) is 11.4. The Labute approximate surface area is 122 Å². The number of nitrogens with one attached hydrogen (secondary N) is 1. The van der Waals surface area contributed by atoms with Gasteiger partial charge in [-0.05, 0) is 36.4 Å². The van der Waals surface area contributed by atoms with Crippen molar-refractivity contribution in [1.29, 1.82) is 5.26 Å². The first-order chi connectivity index (χ1) is 10.2. The normalized spacial score (nSPS) is 9.52. The molecule has 5 heteroatoms. The third-order valence-corrected chi connectivity index (χ3v) is 2.73. The molecule has 2 aromatic rings. The van der Waals surface area contributed by atoms with Crippen molar-refractivity contribution in [2.75, 3.05) is 19.0 Å². The van der Waals surface area contributed by atoms with Crippen molar-refractivity contribution >= 4 is 11.6 Å². The molecule has 1 N–H and O–H groups in total. The molecule has 5 nitrogen and oxygen atoms in total. The Morgan fingerprint density at radius 3 is 2.43 bits per heavy atom. The van der Waals surface area contributed by atoms with Crippen LogP contribution in [0.3, 0.4) is 0 Å². The Morgan fingerprint density at radius 2 is 1.81 bits per heavy atom. The molecule has 0 fully saturated rings. The summed E-state index contributed by atoms with van der Waals surface area (Å²) in [4.78, 5) is 11.8. The third-order valence-electron chi connectivity index (χ3n) is 2.73. The van der Waals surface area contributed by atoms with Crippen LogP contribution in [0, 0.1) is 11.3 Å². The highest BCUT2D eigenvalue weighted by molar-refractivity contribution is 5.91. The van der Waals surface area contributed by atoms with Crippen LogP contribution >= 0.6 is 0 Å². The van der Waals surface area contributed by atoms with E-state index in [4.69, 9.17) is 14.7 Å². The molecule has 0 aliphatic heterocycles. The molecule has 0 heterocycles. The zero-order valence-electron chi connectivity index (χ0n) is 11.5. The largest absolute Gasteiger partial charge is 0.493 e. The molecule has 0 bridgehead atoms. The van der Waals surface area contributed by atoms with Gasteiger partial charge in [0.25, 0.3) is 5.91 Å². The summed E-state index contributed by atoms with van der Waals surface area (Å²) in [5.74, 6) is 0.796. The Balaban J connectivity index is 1.91. The lowest BCUT2D eigenvalue weighted by Crippen LogP contribution is -2.20. The van der Waals surface area contributed by atoms with E-state index in [0.717, 1.165) is 0 Å². The van der Waals surface area contributed by atoms with E-state index < -0.39 is 0 Å². The van der Waals surface area contributed by atoms with Crippen molar-refractivity contribution in [2.24, 2.45) is 0 Å². The molecule has 2 rings (SSSR count). The molecule has 106 valence electrons. The van der Waals surface area contributed by atoms with Crippen molar-refractivity contribution in [2.45, 2.75) is 0 Å². The van der Waals surface area contributed by atoms with Gasteiger partial charge >= 0.3 is 0 Å². The molecule has 2 aromatic carbocycles. The number of nitriles is 1. The van der Waals surface area contributed by atoms with E-state index in [1.807, 2.05) is 12.1 Å². The maximum Gasteiger partial charge on any atom is 0.262 e. The molecule has 1 amide bonds. The van der Waals surface area contributed by atoms with Crippen molar-refractivity contribution in [1.82, 2.24) is 0 Å². The Morgan fingerprint density at radius 1 is 1.14 bits per heavy atom. The zero-order valence-corrected chi connectivity index (χ0v) is 11.5. The van der Waals surface area contributed by atoms with E-state index in [1.54, 1.807) is 49.6 Å². The van der Waals surface area contributed by atoms with Crippen LogP contribution in [0.2, 0.25) is 0 Å². The minimum atomic E-state index is -0.286. The summed E-state index contributed by atoms with van der Waals surface area (Å²) in [6.45, 7) is -0.125. The van der Waals surface area contributed by atoms with Gasteiger partial charge in [0.1, 0.15) is 0 Å². The zero-order chi connectivity index (χ0) is 15.1. The van der Waals surface area contributed by atoms with Crippen molar-refractivity contribution < 1.29 is 14.3 Å². The fourth-order valence-electron chi connectivity index (χ4n) is 1.71. The van der Waals surface area contributed by atoms with Gasteiger partial charge in [0, 0.05) is 5.69 Å². The first-order valence-electron chi connectivity index (χ1n) is 6.29. The molecule has 21 heavy (non-hydrogen) atoms. The quantitative estimate of drug-likeness (QED) is 0.915. The molecular formula is C16H14N2O3. The summed E-state index contributed by atoms with van der Waals surface area (Å²) in [7, 11) is 1.54. The topological polar surface area (TPSA) is 71.3 Å². The molecule has 0 saturated heterocycles. The van der Waals surface area contributed by atoms with Gasteiger partial charge in [-0.25, -0.2) is 0 Å². The minimum absolute atomic E-state index is 0.125. The lowest BCUT2D eigenvalue weighted by Gasteiger charge is -2.10. The number of amides is 1. The van der Waals surface area contributed by atoms with Gasteiger partial charge in [-0.15, -0.1) is 0 Å². The van der Waals surface area contributed by atoms with Gasteiger partial charge < -0.3 is 14.8 Å². The van der Waals surface area contributed by atoms with Gasteiger partial charge in [0.05, 0.1) is 18.7 Å². The van der Waals surface area contributed by atoms with E-state index in [9.17, 15) is 4.79 Å². The van der Waals surface area contributed by atoms with Crippen molar-refractivity contribution in [3.8, 4) is 17.6 Å². The number of nitrogens with zero attached hydrogens (tertiary/aromatic N) is 1. The lowest BCUT2D eigenvalue weighted by atomic mass is 10.2. The van der Waals surface area contributed by atoms with Crippen LogP contribution in [-0.2, 0) is 4.79 Å². The Bertz CT molecular complexity index is 660. The number of methoxy groups -OCH3 is 1. The van der Waals surface area contributed by atoms with Crippen LogP contribution in [0.1, 0.15) is 5.56 Å². The number of anilines is 1. The molecule has 0 spiro atoms. The fraction of sp³-hybridized carbons (Fsp3) is 0.125. The van der Waals surface area contributed by atoms with Crippen LogP contribution in [-0.4, -0.2) is 19.6 Å². The number of hydrogen-bond donors (Lipinski definition) is 1. The molecule has 0 atom stereocenters. The second-order valence-electron chi connectivity index (χ2n) is 4.18. The number of benzene rings is 2. The van der Waals surface area contributed by atoms with Crippen LogP contribution in [0.5, 0.6) is 11.5 Å². The maximum absolute atomic E-state index is 11.8. The molecule has 0 unspecified atom stereocenters.